The Hall–Kier alpha value is -0.610. The van der Waals surface area contributed by atoms with E-state index in [4.69, 9.17) is 0 Å². The van der Waals surface area contributed by atoms with Crippen LogP contribution < -0.4 is 10.6 Å². The predicted octanol–water partition coefficient (Wildman–Crippen LogP) is 1.61. The Morgan fingerprint density at radius 2 is 1.95 bits per heavy atom. The first-order valence-corrected chi connectivity index (χ1v) is 8.85. The maximum atomic E-state index is 12.5. The molecule has 2 saturated heterocycles. The summed E-state index contributed by atoms with van der Waals surface area (Å²) in [5, 5.41) is 6.68. The number of carbonyl (C=O) groups excluding carboxylic acids is 1. The minimum Gasteiger partial charge on any atom is -0.354 e. The lowest BCUT2D eigenvalue weighted by molar-refractivity contribution is -0.123. The number of rotatable bonds is 5. The van der Waals surface area contributed by atoms with E-state index in [1.807, 2.05) is 0 Å². The van der Waals surface area contributed by atoms with Gasteiger partial charge in [-0.05, 0) is 69.6 Å². The van der Waals surface area contributed by atoms with Crippen molar-refractivity contribution in [2.75, 3.05) is 32.7 Å². The van der Waals surface area contributed by atoms with Crippen molar-refractivity contribution in [3.05, 3.63) is 0 Å². The highest BCUT2D eigenvalue weighted by Gasteiger charge is 2.57. The van der Waals surface area contributed by atoms with Gasteiger partial charge in [0.1, 0.15) is 0 Å². The van der Waals surface area contributed by atoms with Gasteiger partial charge in [0.05, 0.1) is 0 Å². The highest BCUT2D eigenvalue weighted by Crippen LogP contribution is 2.58. The minimum absolute atomic E-state index is 0.297. The van der Waals surface area contributed by atoms with Crippen molar-refractivity contribution in [3.8, 4) is 0 Å². The molecule has 3 fully saturated rings. The molecule has 0 radical (unpaired) electrons. The highest BCUT2D eigenvalue weighted by molar-refractivity contribution is 5.82. The van der Waals surface area contributed by atoms with Gasteiger partial charge in [-0.3, -0.25) is 9.69 Å². The first-order chi connectivity index (χ1) is 10.1. The normalized spacial score (nSPS) is 29.8. The van der Waals surface area contributed by atoms with Gasteiger partial charge in [-0.25, -0.2) is 0 Å². The Morgan fingerprint density at radius 1 is 1.29 bits per heavy atom. The lowest BCUT2D eigenvalue weighted by atomic mass is 9.91. The lowest BCUT2D eigenvalue weighted by Gasteiger charge is -2.31. The molecule has 4 nitrogen and oxygen atoms in total. The second-order valence-corrected chi connectivity index (χ2v) is 7.67. The SMILES string of the molecule is CC(C)C(CNC(=O)C1CC12CCNCC2)N1CCCC1. The Bertz CT molecular complexity index is 370. The van der Waals surface area contributed by atoms with Crippen LogP contribution in [0, 0.1) is 17.3 Å². The molecule has 120 valence electrons. The second-order valence-electron chi connectivity index (χ2n) is 7.67. The fraction of sp³-hybridized carbons (Fsp3) is 0.941. The van der Waals surface area contributed by atoms with Gasteiger partial charge >= 0.3 is 0 Å². The van der Waals surface area contributed by atoms with Crippen molar-refractivity contribution in [2.45, 2.75) is 52.0 Å². The van der Waals surface area contributed by atoms with Crippen molar-refractivity contribution in [1.82, 2.24) is 15.5 Å². The van der Waals surface area contributed by atoms with Crippen LogP contribution in [0.2, 0.25) is 0 Å². The largest absolute Gasteiger partial charge is 0.354 e. The number of likely N-dealkylation sites (tertiary alicyclic amines) is 1. The molecule has 0 aromatic rings. The minimum atomic E-state index is 0.297. The second kappa shape index (κ2) is 6.25. The average molecular weight is 293 g/mol. The molecule has 4 heteroatoms. The van der Waals surface area contributed by atoms with Crippen LogP contribution in [0.25, 0.3) is 0 Å². The standard InChI is InChI=1S/C17H31N3O/c1-13(2)15(20-9-3-4-10-20)12-19-16(21)14-11-17(14)5-7-18-8-6-17/h13-15,18H,3-12H2,1-2H3,(H,19,21). The Labute approximate surface area is 129 Å². The summed E-state index contributed by atoms with van der Waals surface area (Å²) in [7, 11) is 0. The third-order valence-electron chi connectivity index (χ3n) is 5.97. The fourth-order valence-electron chi connectivity index (χ4n) is 4.38. The molecule has 0 aromatic heterocycles. The molecule has 1 spiro atoms. The molecular formula is C17H31N3O. The zero-order valence-corrected chi connectivity index (χ0v) is 13.7. The molecule has 21 heavy (non-hydrogen) atoms. The van der Waals surface area contributed by atoms with Gasteiger partial charge in [-0.2, -0.15) is 0 Å². The Kier molecular flexibility index (Phi) is 4.55. The smallest absolute Gasteiger partial charge is 0.223 e. The first kappa shape index (κ1) is 15.3. The first-order valence-electron chi connectivity index (χ1n) is 8.85. The molecule has 2 unspecified atom stereocenters. The van der Waals surface area contributed by atoms with Gasteiger partial charge in [0, 0.05) is 18.5 Å². The molecule has 2 heterocycles. The van der Waals surface area contributed by atoms with Crippen LogP contribution in [0.5, 0.6) is 0 Å². The number of nitrogens with zero attached hydrogens (tertiary/aromatic N) is 1. The molecule has 3 rings (SSSR count). The van der Waals surface area contributed by atoms with Crippen LogP contribution in [-0.2, 0) is 4.79 Å². The van der Waals surface area contributed by atoms with Gasteiger partial charge in [-0.1, -0.05) is 13.8 Å². The Morgan fingerprint density at radius 3 is 2.57 bits per heavy atom. The maximum Gasteiger partial charge on any atom is 0.223 e. The molecule has 0 bridgehead atoms. The fourth-order valence-corrected chi connectivity index (χ4v) is 4.38. The van der Waals surface area contributed by atoms with E-state index in [0.29, 0.717) is 29.2 Å². The predicted molar refractivity (Wildman–Crippen MR) is 85.1 cm³/mol. The summed E-state index contributed by atoms with van der Waals surface area (Å²) < 4.78 is 0. The molecule has 2 aliphatic heterocycles. The van der Waals surface area contributed by atoms with Crippen molar-refractivity contribution in [1.29, 1.82) is 0 Å². The van der Waals surface area contributed by atoms with Crippen LogP contribution >= 0.6 is 0 Å². The van der Waals surface area contributed by atoms with E-state index < -0.39 is 0 Å². The van der Waals surface area contributed by atoms with Crippen molar-refractivity contribution >= 4 is 5.91 Å². The Balaban J connectivity index is 1.48. The number of hydrogen-bond acceptors (Lipinski definition) is 3. The molecule has 2 N–H and O–H groups in total. The summed E-state index contributed by atoms with van der Waals surface area (Å²) in [6.07, 6.45) is 6.12. The van der Waals surface area contributed by atoms with E-state index in [1.165, 1.54) is 38.8 Å². The van der Waals surface area contributed by atoms with Crippen LogP contribution in [0.15, 0.2) is 0 Å². The molecule has 0 aromatic carbocycles. The van der Waals surface area contributed by atoms with E-state index in [-0.39, 0.29) is 0 Å². The van der Waals surface area contributed by atoms with Crippen LogP contribution in [0.1, 0.15) is 46.0 Å². The summed E-state index contributed by atoms with van der Waals surface area (Å²) in [6.45, 7) is 9.98. The number of piperidine rings is 1. The third-order valence-corrected chi connectivity index (χ3v) is 5.97. The van der Waals surface area contributed by atoms with E-state index in [1.54, 1.807) is 0 Å². The van der Waals surface area contributed by atoms with Crippen LogP contribution in [0.3, 0.4) is 0 Å². The summed E-state index contributed by atoms with van der Waals surface area (Å²) in [5.41, 5.74) is 0.357. The van der Waals surface area contributed by atoms with Crippen molar-refractivity contribution in [3.63, 3.8) is 0 Å². The lowest BCUT2D eigenvalue weighted by Crippen LogP contribution is -2.46. The zero-order valence-electron chi connectivity index (χ0n) is 13.7. The van der Waals surface area contributed by atoms with E-state index in [2.05, 4.69) is 29.4 Å². The number of nitrogens with one attached hydrogen (secondary N) is 2. The average Bonchev–Trinajstić information content (AvgIpc) is 2.91. The van der Waals surface area contributed by atoms with Gasteiger partial charge in [-0.15, -0.1) is 0 Å². The third kappa shape index (κ3) is 3.26. The topological polar surface area (TPSA) is 44.4 Å². The van der Waals surface area contributed by atoms with Crippen molar-refractivity contribution < 1.29 is 4.79 Å². The summed E-state index contributed by atoms with van der Waals surface area (Å²) in [4.78, 5) is 15.0. The molecule has 3 aliphatic rings. The monoisotopic (exact) mass is 293 g/mol. The molecule has 1 saturated carbocycles. The van der Waals surface area contributed by atoms with Gasteiger partial charge in [0.25, 0.3) is 0 Å². The van der Waals surface area contributed by atoms with E-state index >= 15 is 0 Å². The summed E-state index contributed by atoms with van der Waals surface area (Å²) in [5.74, 6) is 1.23. The summed E-state index contributed by atoms with van der Waals surface area (Å²) >= 11 is 0. The van der Waals surface area contributed by atoms with E-state index in [9.17, 15) is 4.79 Å². The van der Waals surface area contributed by atoms with Gasteiger partial charge in [0.2, 0.25) is 5.91 Å². The number of carbonyl (C=O) groups is 1. The summed E-state index contributed by atoms with van der Waals surface area (Å²) in [6, 6.07) is 0.513. The van der Waals surface area contributed by atoms with Gasteiger partial charge < -0.3 is 10.6 Å². The van der Waals surface area contributed by atoms with E-state index in [0.717, 1.165) is 26.1 Å². The number of amides is 1. The maximum absolute atomic E-state index is 12.5. The molecular weight excluding hydrogens is 262 g/mol. The quantitative estimate of drug-likeness (QED) is 0.809. The molecule has 1 amide bonds. The molecule has 2 atom stereocenters. The van der Waals surface area contributed by atoms with Crippen LogP contribution in [0.4, 0.5) is 0 Å². The van der Waals surface area contributed by atoms with Gasteiger partial charge in [0.15, 0.2) is 0 Å². The molecule has 1 aliphatic carbocycles. The zero-order chi connectivity index (χ0) is 14.9. The number of hydrogen-bond donors (Lipinski definition) is 2. The highest BCUT2D eigenvalue weighted by atomic mass is 16.2. The van der Waals surface area contributed by atoms with Crippen molar-refractivity contribution in [2.24, 2.45) is 17.3 Å². The van der Waals surface area contributed by atoms with Crippen LogP contribution in [-0.4, -0.2) is 49.6 Å².